The molecule has 2 heterocycles. The number of likely N-dealkylation sites (tertiary alicyclic amines) is 1. The van der Waals surface area contributed by atoms with Crippen molar-refractivity contribution < 1.29 is 4.79 Å². The smallest absolute Gasteiger partial charge is 0.274 e. The number of aromatic nitrogens is 2. The van der Waals surface area contributed by atoms with Gasteiger partial charge in [-0.3, -0.25) is 9.59 Å². The first-order chi connectivity index (χ1) is 11.2. The van der Waals surface area contributed by atoms with Crippen molar-refractivity contribution >= 4 is 5.91 Å². The Kier molecular flexibility index (Phi) is 5.13. The zero-order valence-electron chi connectivity index (χ0n) is 14.0. The predicted molar refractivity (Wildman–Crippen MR) is 89.4 cm³/mol. The fourth-order valence-corrected chi connectivity index (χ4v) is 4.14. The van der Waals surface area contributed by atoms with Crippen LogP contribution in [0.2, 0.25) is 0 Å². The highest BCUT2D eigenvalue weighted by atomic mass is 16.2. The molecule has 1 saturated carbocycles. The molecule has 0 aromatic carbocycles. The Labute approximate surface area is 137 Å². The van der Waals surface area contributed by atoms with E-state index in [2.05, 4.69) is 5.10 Å². The molecule has 1 saturated heterocycles. The molecule has 1 aliphatic carbocycles. The van der Waals surface area contributed by atoms with Crippen LogP contribution in [0.5, 0.6) is 0 Å². The summed E-state index contributed by atoms with van der Waals surface area (Å²) in [6, 6.07) is 3.44. The second kappa shape index (κ2) is 7.28. The molecule has 3 rings (SSSR count). The van der Waals surface area contributed by atoms with Crippen LogP contribution < -0.4 is 5.56 Å². The van der Waals surface area contributed by atoms with E-state index in [1.807, 2.05) is 11.8 Å². The average Bonchev–Trinajstić information content (AvgIpc) is 3.07. The van der Waals surface area contributed by atoms with Gasteiger partial charge in [0.25, 0.3) is 11.5 Å². The second-order valence-electron chi connectivity index (χ2n) is 6.89. The lowest BCUT2D eigenvalue weighted by Crippen LogP contribution is -2.41. The number of rotatable bonds is 4. The maximum Gasteiger partial charge on any atom is 0.274 e. The van der Waals surface area contributed by atoms with Crippen LogP contribution in [-0.4, -0.2) is 33.2 Å². The summed E-state index contributed by atoms with van der Waals surface area (Å²) in [5.41, 5.74) is 0.286. The van der Waals surface area contributed by atoms with Gasteiger partial charge in [-0.2, -0.15) is 5.10 Å². The van der Waals surface area contributed by atoms with E-state index in [0.29, 0.717) is 24.2 Å². The maximum atomic E-state index is 12.9. The number of amides is 1. The van der Waals surface area contributed by atoms with Gasteiger partial charge in [-0.25, -0.2) is 4.68 Å². The predicted octanol–water partition coefficient (Wildman–Crippen LogP) is 2.84. The van der Waals surface area contributed by atoms with Gasteiger partial charge in [0.2, 0.25) is 0 Å². The molecule has 126 valence electrons. The summed E-state index contributed by atoms with van der Waals surface area (Å²) in [5.74, 6) is 0.652. The second-order valence-corrected chi connectivity index (χ2v) is 6.89. The van der Waals surface area contributed by atoms with Gasteiger partial charge in [0.05, 0.1) is 0 Å². The van der Waals surface area contributed by atoms with E-state index in [0.717, 1.165) is 25.8 Å². The van der Waals surface area contributed by atoms with Gasteiger partial charge in [-0.05, 0) is 44.1 Å². The quantitative estimate of drug-likeness (QED) is 0.858. The lowest BCUT2D eigenvalue weighted by atomic mass is 9.83. The highest BCUT2D eigenvalue weighted by Crippen LogP contribution is 2.34. The van der Waals surface area contributed by atoms with Gasteiger partial charge in [0.15, 0.2) is 0 Å². The Balaban J connectivity index is 1.78. The monoisotopic (exact) mass is 317 g/mol. The van der Waals surface area contributed by atoms with Crippen LogP contribution in [0.3, 0.4) is 0 Å². The lowest BCUT2D eigenvalue weighted by Gasteiger charge is -2.34. The number of nitrogens with zero attached hydrogens (tertiary/aromatic N) is 3. The number of carbonyl (C=O) groups is 1. The summed E-state index contributed by atoms with van der Waals surface area (Å²) < 4.78 is 1.42. The summed E-state index contributed by atoms with van der Waals surface area (Å²) in [6.07, 6.45) is 9.45. The Hall–Kier alpha value is -1.65. The van der Waals surface area contributed by atoms with Gasteiger partial charge < -0.3 is 4.90 Å². The molecule has 0 bridgehead atoms. The first-order valence-electron chi connectivity index (χ1n) is 9.10. The van der Waals surface area contributed by atoms with Gasteiger partial charge >= 0.3 is 0 Å². The van der Waals surface area contributed by atoms with Gasteiger partial charge in [0, 0.05) is 25.2 Å². The standard InChI is InChI=1S/C18H27N3O2/c1-2-12-21-17(22)11-10-15(19-21)18(23)20-13-6-9-16(20)14-7-4-3-5-8-14/h10-11,14,16H,2-9,12-13H2,1H3. The van der Waals surface area contributed by atoms with E-state index in [1.54, 1.807) is 6.07 Å². The molecule has 0 radical (unpaired) electrons. The van der Waals surface area contributed by atoms with Crippen LogP contribution in [0, 0.1) is 5.92 Å². The molecule has 1 aliphatic heterocycles. The van der Waals surface area contributed by atoms with Crippen molar-refractivity contribution in [3.8, 4) is 0 Å². The van der Waals surface area contributed by atoms with E-state index in [-0.39, 0.29) is 11.5 Å². The molecule has 2 fully saturated rings. The number of hydrogen-bond donors (Lipinski definition) is 0. The van der Waals surface area contributed by atoms with Gasteiger partial charge in [0.1, 0.15) is 5.69 Å². The Morgan fingerprint density at radius 1 is 1.17 bits per heavy atom. The van der Waals surface area contributed by atoms with Crippen molar-refractivity contribution in [2.75, 3.05) is 6.54 Å². The summed E-state index contributed by atoms with van der Waals surface area (Å²) in [6.45, 7) is 3.39. The fourth-order valence-electron chi connectivity index (χ4n) is 4.14. The summed E-state index contributed by atoms with van der Waals surface area (Å²) in [4.78, 5) is 26.7. The van der Waals surface area contributed by atoms with E-state index in [9.17, 15) is 9.59 Å². The molecule has 0 N–H and O–H groups in total. The van der Waals surface area contributed by atoms with Crippen LogP contribution in [0.15, 0.2) is 16.9 Å². The van der Waals surface area contributed by atoms with Crippen molar-refractivity contribution in [2.45, 2.75) is 70.9 Å². The third kappa shape index (κ3) is 3.48. The molecular formula is C18H27N3O2. The third-order valence-corrected chi connectivity index (χ3v) is 5.28. The van der Waals surface area contributed by atoms with Crippen molar-refractivity contribution in [1.29, 1.82) is 0 Å². The fraction of sp³-hybridized carbons (Fsp3) is 0.722. The van der Waals surface area contributed by atoms with E-state index in [1.165, 1.54) is 42.9 Å². The molecule has 2 aliphatic rings. The molecule has 1 unspecified atom stereocenters. The molecule has 1 aromatic heterocycles. The minimum Gasteiger partial charge on any atom is -0.334 e. The third-order valence-electron chi connectivity index (χ3n) is 5.28. The molecule has 1 atom stereocenters. The first kappa shape index (κ1) is 16.2. The van der Waals surface area contributed by atoms with Crippen molar-refractivity contribution in [3.63, 3.8) is 0 Å². The van der Waals surface area contributed by atoms with Crippen molar-refractivity contribution in [2.24, 2.45) is 5.92 Å². The van der Waals surface area contributed by atoms with E-state index >= 15 is 0 Å². The van der Waals surface area contributed by atoms with Gasteiger partial charge in [-0.15, -0.1) is 0 Å². The van der Waals surface area contributed by atoms with Crippen molar-refractivity contribution in [1.82, 2.24) is 14.7 Å². The SMILES string of the molecule is CCCn1nc(C(=O)N2CCCC2C2CCCCC2)ccc1=O. The molecule has 0 spiro atoms. The normalized spacial score (nSPS) is 22.5. The molecular weight excluding hydrogens is 290 g/mol. The number of hydrogen-bond acceptors (Lipinski definition) is 3. The number of aryl methyl sites for hydroxylation is 1. The number of carbonyl (C=O) groups excluding carboxylic acids is 1. The minimum atomic E-state index is -0.131. The minimum absolute atomic E-state index is 0.00271. The summed E-state index contributed by atoms with van der Waals surface area (Å²) >= 11 is 0. The van der Waals surface area contributed by atoms with Gasteiger partial charge in [-0.1, -0.05) is 26.2 Å². The molecule has 5 heteroatoms. The topological polar surface area (TPSA) is 55.2 Å². The Bertz CT molecular complexity index is 605. The van der Waals surface area contributed by atoms with E-state index < -0.39 is 0 Å². The lowest BCUT2D eigenvalue weighted by molar-refractivity contribution is 0.0652. The largest absolute Gasteiger partial charge is 0.334 e. The first-order valence-corrected chi connectivity index (χ1v) is 9.10. The zero-order chi connectivity index (χ0) is 16.2. The Morgan fingerprint density at radius 3 is 2.70 bits per heavy atom. The molecule has 1 aromatic rings. The molecule has 1 amide bonds. The average molecular weight is 317 g/mol. The molecule has 5 nitrogen and oxygen atoms in total. The van der Waals surface area contributed by atoms with Crippen LogP contribution >= 0.6 is 0 Å². The van der Waals surface area contributed by atoms with Crippen LogP contribution in [0.25, 0.3) is 0 Å². The maximum absolute atomic E-state index is 12.9. The highest BCUT2D eigenvalue weighted by Gasteiger charge is 2.36. The van der Waals surface area contributed by atoms with Crippen LogP contribution in [0.1, 0.15) is 68.8 Å². The summed E-state index contributed by atoms with van der Waals surface area (Å²) in [5, 5.41) is 4.30. The van der Waals surface area contributed by atoms with Crippen LogP contribution in [-0.2, 0) is 6.54 Å². The summed E-state index contributed by atoms with van der Waals surface area (Å²) in [7, 11) is 0. The van der Waals surface area contributed by atoms with E-state index in [4.69, 9.17) is 0 Å². The Morgan fingerprint density at radius 2 is 1.96 bits per heavy atom. The molecule has 23 heavy (non-hydrogen) atoms. The highest BCUT2D eigenvalue weighted by molar-refractivity contribution is 5.92. The zero-order valence-corrected chi connectivity index (χ0v) is 14.0. The van der Waals surface area contributed by atoms with Crippen molar-refractivity contribution in [3.05, 3.63) is 28.2 Å². The van der Waals surface area contributed by atoms with Crippen LogP contribution in [0.4, 0.5) is 0 Å².